The van der Waals surface area contributed by atoms with Gasteiger partial charge in [-0.3, -0.25) is 47.9 Å². The smallest absolute Gasteiger partial charge is 0.307 e. The maximum Gasteiger partial charge on any atom is 0.307 e. The number of carboxylic acids is 10. The van der Waals surface area contributed by atoms with Crippen LogP contribution < -0.4 is 0 Å². The average molecular weight is 941 g/mol. The van der Waals surface area contributed by atoms with Crippen LogP contribution in [0.5, 0.6) is 0 Å². The Morgan fingerprint density at radius 2 is 0.462 bits per heavy atom. The molecular weight excluding hydrogens is 860 g/mol. The zero-order chi connectivity index (χ0) is 50.7. The van der Waals surface area contributed by atoms with Gasteiger partial charge in [-0.1, -0.05) is 116 Å². The van der Waals surface area contributed by atoms with Gasteiger partial charge < -0.3 is 51.1 Å². The Kier molecular flexibility index (Phi) is 56.1. The lowest BCUT2D eigenvalue weighted by molar-refractivity contribution is -0.148. The van der Waals surface area contributed by atoms with Crippen molar-refractivity contribution in [3.05, 3.63) is 0 Å². The van der Waals surface area contributed by atoms with Gasteiger partial charge in [0.15, 0.2) is 0 Å². The number of rotatable bonds is 39. The molecule has 20 heteroatoms. The summed E-state index contributed by atoms with van der Waals surface area (Å²) in [5.74, 6) is -9.62. The summed E-state index contributed by atoms with van der Waals surface area (Å²) >= 11 is 0. The molecule has 0 fully saturated rings. The van der Waals surface area contributed by atoms with Crippen molar-refractivity contribution in [2.45, 2.75) is 219 Å². The van der Waals surface area contributed by atoms with Crippen molar-refractivity contribution in [2.24, 2.45) is 5.92 Å². The molecule has 0 spiro atoms. The van der Waals surface area contributed by atoms with Crippen LogP contribution in [-0.2, 0) is 47.9 Å². The largest absolute Gasteiger partial charge is 0.481 e. The van der Waals surface area contributed by atoms with Crippen LogP contribution in [0.4, 0.5) is 0 Å². The summed E-state index contributed by atoms with van der Waals surface area (Å²) in [7, 11) is 0. The van der Waals surface area contributed by atoms with Crippen molar-refractivity contribution in [3.8, 4) is 0 Å². The molecule has 0 bridgehead atoms. The Bertz CT molecular complexity index is 1210. The Morgan fingerprint density at radius 3 is 0.662 bits per heavy atom. The lowest BCUT2D eigenvalue weighted by Gasteiger charge is -2.09. The van der Waals surface area contributed by atoms with Crippen LogP contribution in [0.2, 0.25) is 0 Å². The third kappa shape index (κ3) is 82.9. The van der Waals surface area contributed by atoms with E-state index < -0.39 is 65.6 Å². The molecule has 1 unspecified atom stereocenters. The molecule has 10 N–H and O–H groups in total. The molecular formula is C45H80O20. The fourth-order valence-electron chi connectivity index (χ4n) is 5.51. The number of hydrogen-bond acceptors (Lipinski definition) is 10. The third-order valence-corrected chi connectivity index (χ3v) is 9.07. The lowest BCUT2D eigenvalue weighted by Crippen LogP contribution is -2.17. The molecule has 1 atom stereocenters. The molecule has 0 aromatic heterocycles. The molecule has 20 nitrogen and oxygen atoms in total. The SMILES string of the molecule is CCCCCCCCCCCCC(CC(=O)O)C(=O)O.O=C(O)CCC(=O)O.O=C(O)CCCCC(=O)O.O=C(O)CCCCCCCC(=O)O.O=C(O)CCCCCCCCC(=O)O. The molecule has 0 aromatic rings. The number of aliphatic carboxylic acids is 10. The summed E-state index contributed by atoms with van der Waals surface area (Å²) in [6, 6.07) is 0. The van der Waals surface area contributed by atoms with Crippen LogP contribution >= 0.6 is 0 Å². The first-order valence-electron chi connectivity index (χ1n) is 22.8. The average Bonchev–Trinajstić information content (AvgIpc) is 3.20. The summed E-state index contributed by atoms with van der Waals surface area (Å²) in [6.45, 7) is 2.22. The van der Waals surface area contributed by atoms with Gasteiger partial charge in [-0.25, -0.2) is 0 Å². The first kappa shape index (κ1) is 68.8. The van der Waals surface area contributed by atoms with Crippen LogP contribution in [0.3, 0.4) is 0 Å². The number of hydrogen-bond donors (Lipinski definition) is 10. The summed E-state index contributed by atoms with van der Waals surface area (Å²) in [4.78, 5) is 101. The van der Waals surface area contributed by atoms with E-state index in [1.165, 1.54) is 44.9 Å². The minimum atomic E-state index is -1.08. The highest BCUT2D eigenvalue weighted by atomic mass is 16.4. The Balaban J connectivity index is -0.000000239. The van der Waals surface area contributed by atoms with Gasteiger partial charge in [0.2, 0.25) is 0 Å². The van der Waals surface area contributed by atoms with Gasteiger partial charge in [-0.15, -0.1) is 0 Å². The summed E-state index contributed by atoms with van der Waals surface area (Å²) < 4.78 is 0. The molecule has 65 heavy (non-hydrogen) atoms. The maximum absolute atomic E-state index is 10.9. The van der Waals surface area contributed by atoms with E-state index in [1.807, 2.05) is 0 Å². The summed E-state index contributed by atoms with van der Waals surface area (Å²) in [6.07, 6.45) is 23.0. The van der Waals surface area contributed by atoms with Gasteiger partial charge in [0.25, 0.3) is 0 Å². The second-order valence-electron chi connectivity index (χ2n) is 15.3. The molecule has 0 saturated carbocycles. The minimum Gasteiger partial charge on any atom is -0.481 e. The second-order valence-corrected chi connectivity index (χ2v) is 15.3. The molecule has 0 aromatic carbocycles. The lowest BCUT2D eigenvalue weighted by atomic mass is 9.97. The molecule has 0 aliphatic rings. The van der Waals surface area contributed by atoms with Crippen LogP contribution in [-0.4, -0.2) is 111 Å². The molecule has 0 heterocycles. The Labute approximate surface area is 382 Å². The highest BCUT2D eigenvalue weighted by Gasteiger charge is 2.20. The summed E-state index contributed by atoms with van der Waals surface area (Å²) in [5.41, 5.74) is 0. The predicted octanol–water partition coefficient (Wildman–Crippen LogP) is 9.29. The summed E-state index contributed by atoms with van der Waals surface area (Å²) in [5, 5.41) is 82.9. The van der Waals surface area contributed by atoms with E-state index in [9.17, 15) is 47.9 Å². The van der Waals surface area contributed by atoms with E-state index in [0.29, 0.717) is 32.1 Å². The molecule has 0 saturated heterocycles. The van der Waals surface area contributed by atoms with E-state index in [4.69, 9.17) is 51.1 Å². The number of carboxylic acid groups (broad SMARTS) is 10. The number of unbranched alkanes of at least 4 members (excludes halogenated alkanes) is 19. The molecule has 0 aliphatic heterocycles. The van der Waals surface area contributed by atoms with Gasteiger partial charge in [0.05, 0.1) is 25.2 Å². The quantitative estimate of drug-likeness (QED) is 0.0256. The molecule has 0 radical (unpaired) electrons. The van der Waals surface area contributed by atoms with Crippen LogP contribution in [0.25, 0.3) is 0 Å². The van der Waals surface area contributed by atoms with Gasteiger partial charge >= 0.3 is 59.7 Å². The Morgan fingerprint density at radius 1 is 0.262 bits per heavy atom. The van der Waals surface area contributed by atoms with Gasteiger partial charge in [-0.2, -0.15) is 0 Å². The van der Waals surface area contributed by atoms with Crippen molar-refractivity contribution in [3.63, 3.8) is 0 Å². The minimum absolute atomic E-state index is 0.0628. The highest BCUT2D eigenvalue weighted by molar-refractivity contribution is 5.77. The van der Waals surface area contributed by atoms with E-state index in [2.05, 4.69) is 6.92 Å². The van der Waals surface area contributed by atoms with Crippen molar-refractivity contribution >= 4 is 59.7 Å². The first-order valence-corrected chi connectivity index (χ1v) is 22.8. The van der Waals surface area contributed by atoms with E-state index >= 15 is 0 Å². The monoisotopic (exact) mass is 941 g/mol. The van der Waals surface area contributed by atoms with Gasteiger partial charge in [0.1, 0.15) is 0 Å². The standard InChI is InChI=1S/C16H30O4.C10H18O4.C9H16O4.C6H10O4.C4H6O4/c1-2-3-4-5-6-7-8-9-10-11-12-14(16(19)20)13-15(17)18;11-9(12)7-5-3-1-2-4-6-8-10(13)14;10-8(11)6-4-2-1-3-5-7-9(12)13;7-5(8)3-1-2-4-6(9)10;5-3(6)1-2-4(7)8/h14H,2-13H2,1H3,(H,17,18)(H,19,20);1-8H2,(H,11,12)(H,13,14);1-7H2,(H,10,11)(H,12,13);1-4H2,(H,7,8)(H,9,10);1-2H2,(H,5,6)(H,7,8). The zero-order valence-electron chi connectivity index (χ0n) is 38.5. The molecule has 0 rings (SSSR count). The van der Waals surface area contributed by atoms with E-state index in [-0.39, 0.29) is 57.8 Å². The normalized spacial score (nSPS) is 10.4. The first-order chi connectivity index (χ1) is 30.6. The Hall–Kier alpha value is -5.30. The molecule has 380 valence electrons. The molecule has 0 amide bonds. The van der Waals surface area contributed by atoms with Crippen LogP contribution in [0.15, 0.2) is 0 Å². The predicted molar refractivity (Wildman–Crippen MR) is 238 cm³/mol. The van der Waals surface area contributed by atoms with Crippen molar-refractivity contribution in [1.29, 1.82) is 0 Å². The fraction of sp³-hybridized carbons (Fsp3) is 0.778. The van der Waals surface area contributed by atoms with E-state index in [1.54, 1.807) is 0 Å². The fourth-order valence-corrected chi connectivity index (χ4v) is 5.51. The van der Waals surface area contributed by atoms with Crippen molar-refractivity contribution in [2.75, 3.05) is 0 Å². The van der Waals surface area contributed by atoms with Crippen LogP contribution in [0.1, 0.15) is 219 Å². The second kappa shape index (κ2) is 53.0. The van der Waals surface area contributed by atoms with E-state index in [0.717, 1.165) is 77.0 Å². The third-order valence-electron chi connectivity index (χ3n) is 9.07. The van der Waals surface area contributed by atoms with Gasteiger partial charge in [-0.05, 0) is 44.9 Å². The maximum atomic E-state index is 10.9. The van der Waals surface area contributed by atoms with Crippen molar-refractivity contribution < 1.29 is 99.0 Å². The van der Waals surface area contributed by atoms with Crippen molar-refractivity contribution in [1.82, 2.24) is 0 Å². The number of carbonyl (C=O) groups is 10. The molecule has 0 aliphatic carbocycles. The topological polar surface area (TPSA) is 373 Å². The highest BCUT2D eigenvalue weighted by Crippen LogP contribution is 2.17. The zero-order valence-corrected chi connectivity index (χ0v) is 38.5. The van der Waals surface area contributed by atoms with Gasteiger partial charge in [0, 0.05) is 38.5 Å². The van der Waals surface area contributed by atoms with Crippen LogP contribution in [0, 0.1) is 5.92 Å².